The fourth-order valence-corrected chi connectivity index (χ4v) is 8.06. The first-order valence-electron chi connectivity index (χ1n) is 19.4. The number of aromatic nitrogens is 3. The van der Waals surface area contributed by atoms with E-state index in [4.69, 9.17) is 19.4 Å². The Labute approximate surface area is 335 Å². The van der Waals surface area contributed by atoms with E-state index in [1.807, 2.05) is 36.4 Å². The Bertz CT molecular complexity index is 3270. The molecule has 0 aliphatic heterocycles. The molecule has 0 saturated heterocycles. The molecule has 0 fully saturated rings. The molecule has 0 unspecified atom stereocenters. The highest BCUT2D eigenvalue weighted by atomic mass is 16.3. The van der Waals surface area contributed by atoms with Crippen LogP contribution in [-0.2, 0) is 0 Å². The second-order valence-corrected chi connectivity index (χ2v) is 14.4. The van der Waals surface area contributed by atoms with Crippen LogP contribution in [0.3, 0.4) is 0 Å². The van der Waals surface area contributed by atoms with E-state index < -0.39 is 0 Å². The molecule has 0 amide bonds. The fourth-order valence-electron chi connectivity index (χ4n) is 8.06. The quantitative estimate of drug-likeness (QED) is 0.163. The summed E-state index contributed by atoms with van der Waals surface area (Å²) in [6, 6.07) is 71.6. The van der Waals surface area contributed by atoms with Crippen molar-refractivity contribution in [2.75, 3.05) is 4.90 Å². The molecule has 0 aliphatic rings. The first-order valence-corrected chi connectivity index (χ1v) is 19.4. The number of fused-ring (bicyclic) bond motifs is 5. The van der Waals surface area contributed by atoms with Crippen molar-refractivity contribution in [2.24, 2.45) is 0 Å². The van der Waals surface area contributed by atoms with E-state index in [1.165, 1.54) is 5.56 Å². The van der Waals surface area contributed by atoms with E-state index in [1.54, 1.807) is 0 Å². The summed E-state index contributed by atoms with van der Waals surface area (Å²) in [5, 5.41) is 6.48. The number of hydrogen-bond acceptors (Lipinski definition) is 5. The highest BCUT2D eigenvalue weighted by Gasteiger charge is 2.25. The Morgan fingerprint density at radius 3 is 1.64 bits per heavy atom. The maximum Gasteiger partial charge on any atom is 0.167 e. The Morgan fingerprint density at radius 2 is 0.879 bits per heavy atom. The van der Waals surface area contributed by atoms with Crippen LogP contribution in [-0.4, -0.2) is 15.0 Å². The third kappa shape index (κ3) is 5.85. The molecule has 0 aliphatic carbocycles. The molecule has 58 heavy (non-hydrogen) atoms. The highest BCUT2D eigenvalue weighted by molar-refractivity contribution is 6.20. The van der Waals surface area contributed by atoms with Crippen LogP contribution < -0.4 is 4.90 Å². The van der Waals surface area contributed by atoms with E-state index in [9.17, 15) is 0 Å². The topological polar surface area (TPSA) is 55.1 Å². The van der Waals surface area contributed by atoms with Gasteiger partial charge in [-0.25, -0.2) is 15.0 Å². The summed E-state index contributed by atoms with van der Waals surface area (Å²) in [6.45, 7) is 0. The normalized spacial score (nSPS) is 11.4. The van der Waals surface area contributed by atoms with Crippen molar-refractivity contribution >= 4 is 60.5 Å². The van der Waals surface area contributed by atoms with E-state index in [0.717, 1.165) is 82.8 Å². The first-order chi connectivity index (χ1) is 28.7. The van der Waals surface area contributed by atoms with E-state index >= 15 is 0 Å². The van der Waals surface area contributed by atoms with Gasteiger partial charge in [-0.2, -0.15) is 0 Å². The van der Waals surface area contributed by atoms with Gasteiger partial charge in [0.15, 0.2) is 23.1 Å². The van der Waals surface area contributed by atoms with Crippen molar-refractivity contribution in [3.8, 4) is 45.3 Å². The van der Waals surface area contributed by atoms with Gasteiger partial charge in [0.05, 0.1) is 11.3 Å². The molecule has 5 nitrogen and oxygen atoms in total. The van der Waals surface area contributed by atoms with Crippen LogP contribution in [0.4, 0.5) is 17.1 Å². The Kier molecular flexibility index (Phi) is 8.07. The lowest BCUT2D eigenvalue weighted by Crippen LogP contribution is -2.10. The molecule has 2 aromatic heterocycles. The predicted molar refractivity (Wildman–Crippen MR) is 239 cm³/mol. The molecule has 0 atom stereocenters. The number of anilines is 3. The van der Waals surface area contributed by atoms with Crippen LogP contribution in [0.1, 0.15) is 0 Å². The van der Waals surface area contributed by atoms with Crippen molar-refractivity contribution in [2.45, 2.75) is 0 Å². The number of furan rings is 1. The molecule has 0 spiro atoms. The van der Waals surface area contributed by atoms with Gasteiger partial charge in [0.1, 0.15) is 5.58 Å². The zero-order valence-electron chi connectivity index (χ0n) is 31.3. The largest absolute Gasteiger partial charge is 0.453 e. The number of rotatable bonds is 7. The average Bonchev–Trinajstić information content (AvgIpc) is 3.68. The Hall–Kier alpha value is -7.89. The maximum absolute atomic E-state index is 7.20. The van der Waals surface area contributed by atoms with Gasteiger partial charge in [0, 0.05) is 38.7 Å². The zero-order valence-corrected chi connectivity index (χ0v) is 31.3. The van der Waals surface area contributed by atoms with Crippen molar-refractivity contribution in [3.63, 3.8) is 0 Å². The van der Waals surface area contributed by atoms with Crippen LogP contribution in [0.15, 0.2) is 211 Å². The van der Waals surface area contributed by atoms with Crippen molar-refractivity contribution in [3.05, 3.63) is 206 Å². The Balaban J connectivity index is 1.15. The summed E-state index contributed by atoms with van der Waals surface area (Å²) >= 11 is 0. The summed E-state index contributed by atoms with van der Waals surface area (Å²) in [7, 11) is 0. The second kappa shape index (κ2) is 14.0. The first kappa shape index (κ1) is 33.4. The van der Waals surface area contributed by atoms with E-state index in [2.05, 4.69) is 175 Å². The average molecular weight is 743 g/mol. The molecule has 0 radical (unpaired) electrons. The molecule has 9 aromatic carbocycles. The molecule has 0 bridgehead atoms. The third-order valence-electron chi connectivity index (χ3n) is 10.9. The van der Waals surface area contributed by atoms with Crippen LogP contribution in [0, 0.1) is 0 Å². The lowest BCUT2D eigenvalue weighted by atomic mass is 10.0. The van der Waals surface area contributed by atoms with Crippen LogP contribution in [0.25, 0.3) is 88.8 Å². The summed E-state index contributed by atoms with van der Waals surface area (Å²) in [4.78, 5) is 17.7. The van der Waals surface area contributed by atoms with E-state index in [0.29, 0.717) is 17.5 Å². The molecule has 272 valence electrons. The van der Waals surface area contributed by atoms with Gasteiger partial charge in [-0.05, 0) is 69.8 Å². The summed E-state index contributed by atoms with van der Waals surface area (Å²) in [6.07, 6.45) is 0. The van der Waals surface area contributed by atoms with Gasteiger partial charge in [0.2, 0.25) is 0 Å². The van der Waals surface area contributed by atoms with Gasteiger partial charge in [-0.3, -0.25) is 0 Å². The molecule has 0 N–H and O–H groups in total. The fraction of sp³-hybridized carbons (Fsp3) is 0. The number of benzene rings is 9. The smallest absolute Gasteiger partial charge is 0.167 e. The number of hydrogen-bond donors (Lipinski definition) is 0. The molecule has 11 aromatic rings. The van der Waals surface area contributed by atoms with Crippen LogP contribution in [0.5, 0.6) is 0 Å². The minimum absolute atomic E-state index is 0.546. The number of nitrogens with zero attached hydrogens (tertiary/aromatic N) is 4. The molecular weight excluding hydrogens is 709 g/mol. The number of para-hydroxylation sites is 2. The minimum atomic E-state index is 0.546. The molecule has 2 heterocycles. The van der Waals surface area contributed by atoms with Gasteiger partial charge in [0.25, 0.3) is 0 Å². The Morgan fingerprint density at radius 1 is 0.328 bits per heavy atom. The van der Waals surface area contributed by atoms with Gasteiger partial charge in [-0.15, -0.1) is 0 Å². The van der Waals surface area contributed by atoms with Gasteiger partial charge < -0.3 is 9.32 Å². The monoisotopic (exact) mass is 742 g/mol. The van der Waals surface area contributed by atoms with Gasteiger partial charge >= 0.3 is 0 Å². The lowest BCUT2D eigenvalue weighted by Gasteiger charge is -2.27. The maximum atomic E-state index is 7.20. The van der Waals surface area contributed by atoms with Crippen LogP contribution >= 0.6 is 0 Å². The van der Waals surface area contributed by atoms with Gasteiger partial charge in [-0.1, -0.05) is 164 Å². The highest BCUT2D eigenvalue weighted by Crippen LogP contribution is 2.48. The molecular formula is C53H34N4O. The standard InChI is InChI=1S/C53H34N4O/c1-4-15-35(16-5-1)37-29-31-43(32-30-37)57(42-22-8-3-9-23-42)48-44-24-13-12-21-40(44)34-47-45-25-14-26-46(49(45)58-50(47)48)53-55-51(38-18-6-2-7-19-38)54-52(56-53)41-28-27-36-17-10-11-20-39(36)33-41/h1-34H. The molecule has 0 saturated carbocycles. The molecule has 11 rings (SSSR count). The van der Waals surface area contributed by atoms with Crippen molar-refractivity contribution in [1.29, 1.82) is 0 Å². The summed E-state index contributed by atoms with van der Waals surface area (Å²) < 4.78 is 7.20. The third-order valence-corrected chi connectivity index (χ3v) is 10.9. The predicted octanol–water partition coefficient (Wildman–Crippen LogP) is 14.2. The van der Waals surface area contributed by atoms with Crippen molar-refractivity contribution in [1.82, 2.24) is 15.0 Å². The zero-order chi connectivity index (χ0) is 38.4. The molecule has 5 heteroatoms. The summed E-state index contributed by atoms with van der Waals surface area (Å²) in [5.41, 5.74) is 9.47. The SMILES string of the molecule is c1ccc(-c2ccc(N(c3ccccc3)c3c4ccccc4cc4c3oc3c(-c5nc(-c6ccccc6)nc(-c6ccc7ccccc7c6)n5)cccc34)cc2)cc1. The second-order valence-electron chi connectivity index (χ2n) is 14.4. The van der Waals surface area contributed by atoms with Crippen LogP contribution in [0.2, 0.25) is 0 Å². The lowest BCUT2D eigenvalue weighted by molar-refractivity contribution is 0.670. The summed E-state index contributed by atoms with van der Waals surface area (Å²) in [5.74, 6) is 1.75. The minimum Gasteiger partial charge on any atom is -0.453 e. The van der Waals surface area contributed by atoms with E-state index in [-0.39, 0.29) is 0 Å². The van der Waals surface area contributed by atoms with Crippen molar-refractivity contribution < 1.29 is 4.42 Å².